The average Bonchev–Trinajstić information content (AvgIpc) is 2.56. The number of hydrogen-bond acceptors (Lipinski definition) is 4. The molecule has 0 saturated heterocycles. The number of aryl methyl sites for hydroxylation is 1. The molecule has 1 N–H and O–H groups in total. The van der Waals surface area contributed by atoms with Gasteiger partial charge in [-0.2, -0.15) is 5.10 Å². The van der Waals surface area contributed by atoms with Crippen molar-refractivity contribution in [3.63, 3.8) is 0 Å². The first kappa shape index (κ1) is 15.6. The first-order valence-corrected chi connectivity index (χ1v) is 6.75. The van der Waals surface area contributed by atoms with Crippen molar-refractivity contribution in [2.75, 3.05) is 14.2 Å². The van der Waals surface area contributed by atoms with Gasteiger partial charge < -0.3 is 9.47 Å². The minimum Gasteiger partial charge on any atom is -0.497 e. The van der Waals surface area contributed by atoms with E-state index >= 15 is 0 Å². The lowest BCUT2D eigenvalue weighted by molar-refractivity contribution is 0.0954. The van der Waals surface area contributed by atoms with Gasteiger partial charge in [0, 0.05) is 11.6 Å². The maximum atomic E-state index is 12.1. The van der Waals surface area contributed by atoms with Crippen LogP contribution in [-0.4, -0.2) is 26.3 Å². The molecule has 0 atom stereocenters. The monoisotopic (exact) mass is 298 g/mol. The zero-order valence-electron chi connectivity index (χ0n) is 12.8. The fourth-order valence-electron chi connectivity index (χ4n) is 1.82. The molecule has 0 heterocycles. The van der Waals surface area contributed by atoms with Crippen LogP contribution in [0.4, 0.5) is 0 Å². The number of benzene rings is 2. The Labute approximate surface area is 129 Å². The summed E-state index contributed by atoms with van der Waals surface area (Å²) >= 11 is 0. The van der Waals surface area contributed by atoms with Crippen LogP contribution in [0, 0.1) is 6.92 Å². The SMILES string of the molecule is COc1cc(OC)cc(C(=O)N/N=C\c2ccc(C)cc2)c1. The second-order valence-corrected chi connectivity index (χ2v) is 4.71. The zero-order valence-corrected chi connectivity index (χ0v) is 12.8. The number of nitrogens with zero attached hydrogens (tertiary/aromatic N) is 1. The molecular weight excluding hydrogens is 280 g/mol. The Morgan fingerprint density at radius 2 is 1.64 bits per heavy atom. The van der Waals surface area contributed by atoms with E-state index in [0.717, 1.165) is 5.56 Å². The number of hydrazone groups is 1. The van der Waals surface area contributed by atoms with Crippen LogP contribution in [0.3, 0.4) is 0 Å². The molecule has 114 valence electrons. The lowest BCUT2D eigenvalue weighted by atomic mass is 10.2. The Balaban J connectivity index is 2.07. The average molecular weight is 298 g/mol. The molecule has 0 aliphatic carbocycles. The van der Waals surface area contributed by atoms with Crippen LogP contribution in [-0.2, 0) is 0 Å². The van der Waals surface area contributed by atoms with Crippen molar-refractivity contribution in [2.45, 2.75) is 6.92 Å². The molecule has 0 spiro atoms. The molecule has 5 nitrogen and oxygen atoms in total. The lowest BCUT2D eigenvalue weighted by Crippen LogP contribution is -2.17. The van der Waals surface area contributed by atoms with E-state index in [1.54, 1.807) is 24.4 Å². The maximum absolute atomic E-state index is 12.1. The van der Waals surface area contributed by atoms with Gasteiger partial charge in [-0.3, -0.25) is 4.79 Å². The number of nitrogens with one attached hydrogen (secondary N) is 1. The molecule has 0 unspecified atom stereocenters. The quantitative estimate of drug-likeness (QED) is 0.682. The van der Waals surface area contributed by atoms with E-state index in [1.807, 2.05) is 31.2 Å². The Morgan fingerprint density at radius 1 is 1.05 bits per heavy atom. The molecule has 0 bridgehead atoms. The van der Waals surface area contributed by atoms with Crippen LogP contribution in [0.25, 0.3) is 0 Å². The molecule has 0 aliphatic rings. The molecule has 2 aromatic rings. The third kappa shape index (κ3) is 4.09. The molecule has 2 aromatic carbocycles. The smallest absolute Gasteiger partial charge is 0.271 e. The third-order valence-corrected chi connectivity index (χ3v) is 3.07. The number of carbonyl (C=O) groups excluding carboxylic acids is 1. The van der Waals surface area contributed by atoms with Crippen molar-refractivity contribution in [1.29, 1.82) is 0 Å². The Kier molecular flexibility index (Phi) is 5.14. The second kappa shape index (κ2) is 7.26. The fraction of sp³-hybridized carbons (Fsp3) is 0.176. The van der Waals surface area contributed by atoms with Gasteiger partial charge in [0.05, 0.1) is 20.4 Å². The predicted octanol–water partition coefficient (Wildman–Crippen LogP) is 2.78. The van der Waals surface area contributed by atoms with Crippen molar-refractivity contribution in [2.24, 2.45) is 5.10 Å². The molecule has 5 heteroatoms. The first-order valence-electron chi connectivity index (χ1n) is 6.75. The first-order chi connectivity index (χ1) is 10.6. The van der Waals surface area contributed by atoms with E-state index in [0.29, 0.717) is 17.1 Å². The lowest BCUT2D eigenvalue weighted by Gasteiger charge is -2.07. The second-order valence-electron chi connectivity index (χ2n) is 4.71. The van der Waals surface area contributed by atoms with Gasteiger partial charge in [-0.1, -0.05) is 29.8 Å². The molecule has 22 heavy (non-hydrogen) atoms. The topological polar surface area (TPSA) is 59.9 Å². The number of methoxy groups -OCH3 is 2. The van der Waals surface area contributed by atoms with Gasteiger partial charge in [0.2, 0.25) is 0 Å². The summed E-state index contributed by atoms with van der Waals surface area (Å²) in [7, 11) is 3.07. The minimum atomic E-state index is -0.333. The number of ether oxygens (including phenoxy) is 2. The van der Waals surface area contributed by atoms with E-state index in [9.17, 15) is 4.79 Å². The molecule has 1 amide bonds. The normalized spacial score (nSPS) is 10.5. The van der Waals surface area contributed by atoms with E-state index in [4.69, 9.17) is 9.47 Å². The highest BCUT2D eigenvalue weighted by Gasteiger charge is 2.08. The summed E-state index contributed by atoms with van der Waals surface area (Å²) in [5.74, 6) is 0.764. The Hall–Kier alpha value is -2.82. The largest absolute Gasteiger partial charge is 0.497 e. The van der Waals surface area contributed by atoms with E-state index in [2.05, 4.69) is 10.5 Å². The van der Waals surface area contributed by atoms with Gasteiger partial charge in [-0.15, -0.1) is 0 Å². The molecule has 0 radical (unpaired) electrons. The van der Waals surface area contributed by atoms with Crippen molar-refractivity contribution >= 4 is 12.1 Å². The standard InChI is InChI=1S/C17H18N2O3/c1-12-4-6-13(7-5-12)11-18-19-17(20)14-8-15(21-2)10-16(9-14)22-3/h4-11H,1-3H3,(H,19,20)/b18-11-. The van der Waals surface area contributed by atoms with Crippen molar-refractivity contribution < 1.29 is 14.3 Å². The number of amides is 1. The molecule has 0 fully saturated rings. The van der Waals surface area contributed by atoms with Crippen LogP contribution < -0.4 is 14.9 Å². The highest BCUT2D eigenvalue weighted by molar-refractivity contribution is 5.95. The molecule has 0 saturated carbocycles. The number of hydrogen-bond donors (Lipinski definition) is 1. The summed E-state index contributed by atoms with van der Waals surface area (Å²) in [6, 6.07) is 12.8. The summed E-state index contributed by atoms with van der Waals surface area (Å²) in [5.41, 5.74) is 4.98. The van der Waals surface area contributed by atoms with Crippen molar-refractivity contribution in [3.05, 3.63) is 59.2 Å². The summed E-state index contributed by atoms with van der Waals surface area (Å²) in [6.45, 7) is 2.01. The number of rotatable bonds is 5. The summed E-state index contributed by atoms with van der Waals surface area (Å²) in [5, 5.41) is 3.95. The van der Waals surface area contributed by atoms with Gasteiger partial charge in [0.1, 0.15) is 11.5 Å². The van der Waals surface area contributed by atoms with Gasteiger partial charge in [0.25, 0.3) is 5.91 Å². The van der Waals surface area contributed by atoms with Gasteiger partial charge >= 0.3 is 0 Å². The van der Waals surface area contributed by atoms with Crippen LogP contribution in [0.1, 0.15) is 21.5 Å². The molecule has 2 rings (SSSR count). The molecular formula is C17H18N2O3. The zero-order chi connectivity index (χ0) is 15.9. The van der Waals surface area contributed by atoms with E-state index < -0.39 is 0 Å². The number of carbonyl (C=O) groups is 1. The molecule has 0 aliphatic heterocycles. The highest BCUT2D eigenvalue weighted by Crippen LogP contribution is 2.22. The fourth-order valence-corrected chi connectivity index (χ4v) is 1.82. The van der Waals surface area contributed by atoms with Crippen LogP contribution >= 0.6 is 0 Å². The molecule has 0 aromatic heterocycles. The van der Waals surface area contributed by atoms with E-state index in [-0.39, 0.29) is 5.91 Å². The highest BCUT2D eigenvalue weighted by atomic mass is 16.5. The van der Waals surface area contributed by atoms with E-state index in [1.165, 1.54) is 19.8 Å². The van der Waals surface area contributed by atoms with Crippen LogP contribution in [0.2, 0.25) is 0 Å². The van der Waals surface area contributed by atoms with Crippen molar-refractivity contribution in [1.82, 2.24) is 5.43 Å². The third-order valence-electron chi connectivity index (χ3n) is 3.07. The van der Waals surface area contributed by atoms with Crippen LogP contribution in [0.15, 0.2) is 47.6 Å². The van der Waals surface area contributed by atoms with Crippen LogP contribution in [0.5, 0.6) is 11.5 Å². The summed E-state index contributed by atoms with van der Waals surface area (Å²) < 4.78 is 10.3. The summed E-state index contributed by atoms with van der Waals surface area (Å²) in [6.07, 6.45) is 1.59. The van der Waals surface area contributed by atoms with Crippen molar-refractivity contribution in [3.8, 4) is 11.5 Å². The minimum absolute atomic E-state index is 0.333. The van der Waals surface area contributed by atoms with Gasteiger partial charge in [-0.05, 0) is 24.6 Å². The van der Waals surface area contributed by atoms with Gasteiger partial charge in [-0.25, -0.2) is 5.43 Å². The maximum Gasteiger partial charge on any atom is 0.271 e. The predicted molar refractivity (Wildman–Crippen MR) is 85.8 cm³/mol. The Morgan fingerprint density at radius 3 is 2.18 bits per heavy atom. The Bertz CT molecular complexity index is 657. The van der Waals surface area contributed by atoms with Gasteiger partial charge in [0.15, 0.2) is 0 Å². The summed E-state index contributed by atoms with van der Waals surface area (Å²) in [4.78, 5) is 12.1.